The third-order valence-corrected chi connectivity index (χ3v) is 7.65. The van der Waals surface area contributed by atoms with Crippen molar-refractivity contribution in [1.29, 1.82) is 0 Å². The molecule has 2 atom stereocenters. The average Bonchev–Trinajstić information content (AvgIpc) is 3.48. The summed E-state index contributed by atoms with van der Waals surface area (Å²) < 4.78 is 0. The molecule has 1 aliphatic heterocycles. The van der Waals surface area contributed by atoms with E-state index in [0.717, 1.165) is 28.3 Å². The van der Waals surface area contributed by atoms with Gasteiger partial charge >= 0.3 is 0 Å². The summed E-state index contributed by atoms with van der Waals surface area (Å²) in [6, 6.07) is 19.0. The van der Waals surface area contributed by atoms with Crippen LogP contribution in [0.25, 0.3) is 10.8 Å². The predicted octanol–water partition coefficient (Wildman–Crippen LogP) is 4.53. The van der Waals surface area contributed by atoms with Gasteiger partial charge in [0.2, 0.25) is 17.7 Å². The first-order chi connectivity index (χ1) is 20.5. The number of carbonyl (C=O) groups is 3. The highest BCUT2D eigenvalue weighted by molar-refractivity contribution is 5.93. The van der Waals surface area contributed by atoms with Crippen LogP contribution >= 0.6 is 12.4 Å². The number of non-ortho nitro benzene ring substituents is 1. The summed E-state index contributed by atoms with van der Waals surface area (Å²) in [5.41, 5.74) is 1.31. The molecule has 4 rings (SSSR count). The molecule has 11 heteroatoms. The maximum atomic E-state index is 13.5. The lowest BCUT2D eigenvalue weighted by Crippen LogP contribution is -2.55. The van der Waals surface area contributed by atoms with Crippen LogP contribution in [0.2, 0.25) is 0 Å². The van der Waals surface area contributed by atoms with Crippen LogP contribution in [0.3, 0.4) is 0 Å². The standard InChI is InChI=1S/C33H41N5O5.ClH/c1-33(2,3)32(41)37-19-6-10-29(37)31(40)36-28(21-24-11-14-25-8-4-5-9-26(25)20-24)30(39)35-18-7-17-34-22-23-12-15-27(16-13-23)38(42)43;/h4-5,8-9,11-16,20,28-29,34H,6-7,10,17-19,21-22H2,1-3H3,(H,35,39)(H,36,40);1H/t28-,29?;/m1./s1. The Morgan fingerprint density at radius 2 is 1.66 bits per heavy atom. The fraction of sp³-hybridized carbons (Fsp3) is 0.424. The van der Waals surface area contributed by atoms with Crippen LogP contribution in [0.5, 0.6) is 0 Å². The van der Waals surface area contributed by atoms with Crippen molar-refractivity contribution in [3.05, 3.63) is 88.0 Å². The quantitative estimate of drug-likeness (QED) is 0.154. The molecule has 0 bridgehead atoms. The molecule has 1 saturated heterocycles. The van der Waals surface area contributed by atoms with Crippen molar-refractivity contribution in [3.8, 4) is 0 Å². The molecule has 3 aromatic carbocycles. The molecule has 1 aliphatic rings. The van der Waals surface area contributed by atoms with Crippen molar-refractivity contribution in [2.24, 2.45) is 5.41 Å². The molecule has 3 N–H and O–H groups in total. The van der Waals surface area contributed by atoms with Crippen LogP contribution in [0.1, 0.15) is 51.2 Å². The van der Waals surface area contributed by atoms with Gasteiger partial charge in [-0.15, -0.1) is 12.4 Å². The van der Waals surface area contributed by atoms with Crippen LogP contribution < -0.4 is 16.0 Å². The second-order valence-corrected chi connectivity index (χ2v) is 12.1. The maximum absolute atomic E-state index is 13.5. The van der Waals surface area contributed by atoms with Crippen molar-refractivity contribution in [1.82, 2.24) is 20.9 Å². The Balaban J connectivity index is 0.00000529. The number of nitro benzene ring substituents is 1. The number of rotatable bonds is 12. The van der Waals surface area contributed by atoms with Gasteiger partial charge in [0, 0.05) is 43.6 Å². The van der Waals surface area contributed by atoms with Gasteiger partial charge in [0.15, 0.2) is 0 Å². The Morgan fingerprint density at radius 3 is 2.34 bits per heavy atom. The van der Waals surface area contributed by atoms with E-state index in [1.165, 1.54) is 12.1 Å². The molecule has 3 amide bonds. The normalized spacial score (nSPS) is 15.3. The molecule has 0 saturated carbocycles. The van der Waals surface area contributed by atoms with E-state index in [1.54, 1.807) is 17.0 Å². The number of fused-ring (bicyclic) bond motifs is 1. The predicted molar refractivity (Wildman–Crippen MR) is 173 cm³/mol. The van der Waals surface area contributed by atoms with Crippen LogP contribution in [0, 0.1) is 15.5 Å². The van der Waals surface area contributed by atoms with Gasteiger partial charge in [-0.25, -0.2) is 0 Å². The van der Waals surface area contributed by atoms with E-state index in [1.807, 2.05) is 63.2 Å². The SMILES string of the molecule is CC(C)(C)C(=O)N1CCCC1C(=O)N[C@H](Cc1ccc2ccccc2c1)C(=O)NCCCNCc1ccc([N+](=O)[O-])cc1.Cl. The fourth-order valence-electron chi connectivity index (χ4n) is 5.31. The molecule has 0 spiro atoms. The Kier molecular flexibility index (Phi) is 12.2. The van der Waals surface area contributed by atoms with E-state index in [0.29, 0.717) is 45.4 Å². The highest BCUT2D eigenvalue weighted by Crippen LogP contribution is 2.26. The van der Waals surface area contributed by atoms with Crippen LogP contribution in [-0.2, 0) is 27.3 Å². The number of hydrogen-bond donors (Lipinski definition) is 3. The van der Waals surface area contributed by atoms with Crippen molar-refractivity contribution in [2.75, 3.05) is 19.6 Å². The Bertz CT molecular complexity index is 1460. The van der Waals surface area contributed by atoms with Gasteiger partial charge in [-0.05, 0) is 47.7 Å². The summed E-state index contributed by atoms with van der Waals surface area (Å²) >= 11 is 0. The number of nitro groups is 1. The van der Waals surface area contributed by atoms with E-state index in [4.69, 9.17) is 0 Å². The molecule has 1 fully saturated rings. The van der Waals surface area contributed by atoms with Crippen LogP contribution in [-0.4, -0.2) is 59.3 Å². The number of carbonyl (C=O) groups excluding carboxylic acids is 3. The molecular weight excluding hydrogens is 582 g/mol. The highest BCUT2D eigenvalue weighted by atomic mass is 35.5. The van der Waals surface area contributed by atoms with Crippen LogP contribution in [0.15, 0.2) is 66.7 Å². The maximum Gasteiger partial charge on any atom is 0.269 e. The molecule has 44 heavy (non-hydrogen) atoms. The molecule has 0 radical (unpaired) electrons. The minimum absolute atomic E-state index is 0. The van der Waals surface area contributed by atoms with Crippen molar-refractivity contribution in [3.63, 3.8) is 0 Å². The summed E-state index contributed by atoms with van der Waals surface area (Å²) in [6.45, 7) is 7.66. The lowest BCUT2D eigenvalue weighted by Gasteiger charge is -2.31. The van der Waals surface area contributed by atoms with Crippen molar-refractivity contribution < 1.29 is 19.3 Å². The summed E-state index contributed by atoms with van der Waals surface area (Å²) in [5.74, 6) is -0.647. The fourth-order valence-corrected chi connectivity index (χ4v) is 5.31. The van der Waals surface area contributed by atoms with Gasteiger partial charge in [-0.3, -0.25) is 24.5 Å². The molecule has 1 heterocycles. The molecular formula is C33H42ClN5O5. The van der Waals surface area contributed by atoms with Gasteiger partial charge in [-0.1, -0.05) is 75.4 Å². The Hall–Kier alpha value is -4.02. The first-order valence-corrected chi connectivity index (χ1v) is 14.8. The molecule has 236 valence electrons. The first kappa shape index (κ1) is 34.5. The second-order valence-electron chi connectivity index (χ2n) is 12.1. The summed E-state index contributed by atoms with van der Waals surface area (Å²) in [7, 11) is 0. The largest absolute Gasteiger partial charge is 0.354 e. The summed E-state index contributed by atoms with van der Waals surface area (Å²) in [5, 5.41) is 22.2. The molecule has 1 unspecified atom stereocenters. The highest BCUT2D eigenvalue weighted by Gasteiger charge is 2.39. The van der Waals surface area contributed by atoms with E-state index < -0.39 is 22.4 Å². The number of benzene rings is 3. The Morgan fingerprint density at radius 1 is 0.977 bits per heavy atom. The van der Waals surface area contributed by atoms with Gasteiger partial charge in [0.05, 0.1) is 4.92 Å². The molecule has 0 aromatic heterocycles. The second kappa shape index (κ2) is 15.6. The number of nitrogens with one attached hydrogen (secondary N) is 3. The van der Waals surface area contributed by atoms with Gasteiger partial charge in [0.25, 0.3) is 5.69 Å². The lowest BCUT2D eigenvalue weighted by atomic mass is 9.94. The minimum atomic E-state index is -0.797. The van der Waals surface area contributed by atoms with Gasteiger partial charge < -0.3 is 20.9 Å². The summed E-state index contributed by atoms with van der Waals surface area (Å²) in [6.07, 6.45) is 2.29. The first-order valence-electron chi connectivity index (χ1n) is 14.8. The lowest BCUT2D eigenvalue weighted by molar-refractivity contribution is -0.384. The smallest absolute Gasteiger partial charge is 0.269 e. The zero-order valence-electron chi connectivity index (χ0n) is 25.5. The topological polar surface area (TPSA) is 134 Å². The van der Waals surface area contributed by atoms with Gasteiger partial charge in [-0.2, -0.15) is 0 Å². The van der Waals surface area contributed by atoms with Crippen molar-refractivity contribution >= 4 is 46.6 Å². The van der Waals surface area contributed by atoms with Crippen LogP contribution in [0.4, 0.5) is 5.69 Å². The zero-order valence-corrected chi connectivity index (χ0v) is 26.3. The number of nitrogens with zero attached hydrogens (tertiary/aromatic N) is 2. The minimum Gasteiger partial charge on any atom is -0.354 e. The van der Waals surface area contributed by atoms with Gasteiger partial charge in [0.1, 0.15) is 12.1 Å². The van der Waals surface area contributed by atoms with Crippen molar-refractivity contribution in [2.45, 2.75) is 65.1 Å². The number of amides is 3. The number of likely N-dealkylation sites (tertiary alicyclic amines) is 1. The van der Waals surface area contributed by atoms with E-state index in [2.05, 4.69) is 16.0 Å². The zero-order chi connectivity index (χ0) is 31.0. The molecule has 10 nitrogen and oxygen atoms in total. The number of hydrogen-bond acceptors (Lipinski definition) is 6. The van der Waals surface area contributed by atoms with E-state index >= 15 is 0 Å². The molecule has 3 aromatic rings. The summed E-state index contributed by atoms with van der Waals surface area (Å²) in [4.78, 5) is 51.9. The third-order valence-electron chi connectivity index (χ3n) is 7.65. The van der Waals surface area contributed by atoms with E-state index in [-0.39, 0.29) is 35.8 Å². The average molecular weight is 624 g/mol. The molecule has 0 aliphatic carbocycles. The number of halogens is 1. The van der Waals surface area contributed by atoms with E-state index in [9.17, 15) is 24.5 Å². The Labute approximate surface area is 264 Å². The third kappa shape index (κ3) is 9.24. The monoisotopic (exact) mass is 623 g/mol.